The first-order valence-electron chi connectivity index (χ1n) is 4.98. The first-order valence-corrected chi connectivity index (χ1v) is 5.86. The summed E-state index contributed by atoms with van der Waals surface area (Å²) in [6.07, 6.45) is 1.39. The highest BCUT2D eigenvalue weighted by Gasteiger charge is 2.14. The molecule has 0 bridgehead atoms. The fourth-order valence-corrected chi connectivity index (χ4v) is 2.39. The van der Waals surface area contributed by atoms with Gasteiger partial charge in [-0.1, -0.05) is 20.8 Å². The Hall–Kier alpha value is -0.410. The molecular weight excluding hydrogens is 194 g/mol. The lowest BCUT2D eigenvalue weighted by Gasteiger charge is -2.15. The topological polar surface area (TPSA) is 33.1 Å². The van der Waals surface area contributed by atoms with E-state index in [0.717, 1.165) is 12.1 Å². The molecule has 0 aromatic carbocycles. The molecule has 0 radical (unpaired) electrons. The molecule has 80 valence electrons. The van der Waals surface area contributed by atoms with Crippen molar-refractivity contribution in [1.82, 2.24) is 4.98 Å². The zero-order valence-electron chi connectivity index (χ0n) is 9.37. The molecule has 0 spiro atoms. The molecule has 1 unspecified atom stereocenters. The van der Waals surface area contributed by atoms with Crippen molar-refractivity contribution in [2.45, 2.75) is 46.6 Å². The van der Waals surface area contributed by atoms with E-state index in [1.165, 1.54) is 5.01 Å². The molecule has 0 saturated carbocycles. The van der Waals surface area contributed by atoms with Gasteiger partial charge in [0.15, 0.2) is 0 Å². The van der Waals surface area contributed by atoms with E-state index in [1.54, 1.807) is 18.3 Å². The van der Waals surface area contributed by atoms with Gasteiger partial charge >= 0.3 is 0 Å². The molecule has 1 rings (SSSR count). The number of aromatic nitrogens is 1. The van der Waals surface area contributed by atoms with Gasteiger partial charge in [0.05, 0.1) is 16.8 Å². The smallest absolute Gasteiger partial charge is 0.0933 e. The van der Waals surface area contributed by atoms with E-state index in [0.29, 0.717) is 11.8 Å². The van der Waals surface area contributed by atoms with Crippen molar-refractivity contribution in [3.8, 4) is 0 Å². The molecular formula is C11H19NOS. The number of thiazole rings is 1. The molecule has 1 atom stereocenters. The minimum Gasteiger partial charge on any atom is -0.393 e. The monoisotopic (exact) mass is 213 g/mol. The van der Waals surface area contributed by atoms with E-state index in [-0.39, 0.29) is 6.10 Å². The summed E-state index contributed by atoms with van der Waals surface area (Å²) in [5.74, 6) is 0. The standard InChI is InChI=1S/C11H19NOS/c1-8(13)5-9-7-14-10(12-9)6-11(2,3)4/h7-8,13H,5-6H2,1-4H3. The van der Waals surface area contributed by atoms with E-state index in [4.69, 9.17) is 0 Å². The molecule has 0 saturated heterocycles. The van der Waals surface area contributed by atoms with Crippen LogP contribution in [-0.2, 0) is 12.8 Å². The first kappa shape index (κ1) is 11.7. The molecule has 0 aliphatic heterocycles. The van der Waals surface area contributed by atoms with Crippen LogP contribution >= 0.6 is 11.3 Å². The van der Waals surface area contributed by atoms with Gasteiger partial charge in [0.25, 0.3) is 0 Å². The Morgan fingerprint density at radius 3 is 2.64 bits per heavy atom. The van der Waals surface area contributed by atoms with Gasteiger partial charge in [-0.3, -0.25) is 0 Å². The minimum atomic E-state index is -0.292. The maximum absolute atomic E-state index is 9.21. The van der Waals surface area contributed by atoms with Gasteiger partial charge in [-0.2, -0.15) is 0 Å². The lowest BCUT2D eigenvalue weighted by Crippen LogP contribution is -2.09. The molecule has 2 nitrogen and oxygen atoms in total. The molecule has 0 amide bonds. The number of aliphatic hydroxyl groups is 1. The molecule has 14 heavy (non-hydrogen) atoms. The van der Waals surface area contributed by atoms with Crippen molar-refractivity contribution in [2.75, 3.05) is 0 Å². The summed E-state index contributed by atoms with van der Waals surface area (Å²) < 4.78 is 0. The largest absolute Gasteiger partial charge is 0.393 e. The quantitative estimate of drug-likeness (QED) is 0.837. The Morgan fingerprint density at radius 1 is 1.50 bits per heavy atom. The number of hydrogen-bond acceptors (Lipinski definition) is 3. The third-order valence-corrected chi connectivity index (χ3v) is 2.68. The van der Waals surface area contributed by atoms with Gasteiger partial charge in [-0.05, 0) is 12.3 Å². The maximum Gasteiger partial charge on any atom is 0.0933 e. The Labute approximate surface area is 90.0 Å². The van der Waals surface area contributed by atoms with Crippen LogP contribution in [0.25, 0.3) is 0 Å². The summed E-state index contributed by atoms with van der Waals surface area (Å²) in [6, 6.07) is 0. The normalized spacial score (nSPS) is 14.4. The summed E-state index contributed by atoms with van der Waals surface area (Å²) >= 11 is 1.70. The first-order chi connectivity index (χ1) is 6.37. The average molecular weight is 213 g/mol. The van der Waals surface area contributed by atoms with Crippen LogP contribution < -0.4 is 0 Å². The molecule has 0 aliphatic carbocycles. The van der Waals surface area contributed by atoms with Gasteiger partial charge in [0, 0.05) is 18.2 Å². The number of rotatable bonds is 3. The van der Waals surface area contributed by atoms with E-state index in [1.807, 2.05) is 5.38 Å². The summed E-state index contributed by atoms with van der Waals surface area (Å²) in [7, 11) is 0. The Morgan fingerprint density at radius 2 is 2.14 bits per heavy atom. The summed E-state index contributed by atoms with van der Waals surface area (Å²) in [5.41, 5.74) is 1.31. The average Bonchev–Trinajstić information content (AvgIpc) is 2.30. The molecule has 1 N–H and O–H groups in total. The highest BCUT2D eigenvalue weighted by atomic mass is 32.1. The van der Waals surface area contributed by atoms with Crippen LogP contribution in [0.2, 0.25) is 0 Å². The number of nitrogens with zero attached hydrogens (tertiary/aromatic N) is 1. The maximum atomic E-state index is 9.21. The highest BCUT2D eigenvalue weighted by Crippen LogP contribution is 2.23. The molecule has 0 fully saturated rings. The Kier molecular flexibility index (Phi) is 3.67. The zero-order valence-corrected chi connectivity index (χ0v) is 10.2. The molecule has 1 aromatic heterocycles. The van der Waals surface area contributed by atoms with Crippen molar-refractivity contribution in [1.29, 1.82) is 0 Å². The van der Waals surface area contributed by atoms with E-state index >= 15 is 0 Å². The summed E-state index contributed by atoms with van der Waals surface area (Å²) in [6.45, 7) is 8.43. The van der Waals surface area contributed by atoms with Crippen molar-refractivity contribution in [3.63, 3.8) is 0 Å². The van der Waals surface area contributed by atoms with Crippen LogP contribution in [0.1, 0.15) is 38.4 Å². The third kappa shape index (κ3) is 4.20. The van der Waals surface area contributed by atoms with Gasteiger partial charge in [-0.15, -0.1) is 11.3 Å². The summed E-state index contributed by atoms with van der Waals surface area (Å²) in [4.78, 5) is 4.49. The molecule has 0 aliphatic rings. The highest BCUT2D eigenvalue weighted by molar-refractivity contribution is 7.09. The van der Waals surface area contributed by atoms with E-state index in [9.17, 15) is 5.11 Å². The van der Waals surface area contributed by atoms with Gasteiger partial charge in [0.1, 0.15) is 0 Å². The fourth-order valence-electron chi connectivity index (χ4n) is 1.28. The Balaban J connectivity index is 2.60. The van der Waals surface area contributed by atoms with Crippen LogP contribution in [0.5, 0.6) is 0 Å². The summed E-state index contributed by atoms with van der Waals surface area (Å²) in [5, 5.41) is 12.4. The van der Waals surface area contributed by atoms with Crippen molar-refractivity contribution < 1.29 is 5.11 Å². The lowest BCUT2D eigenvalue weighted by molar-refractivity contribution is 0.194. The van der Waals surface area contributed by atoms with Crippen molar-refractivity contribution in [3.05, 3.63) is 16.1 Å². The number of aliphatic hydroxyl groups excluding tert-OH is 1. The lowest BCUT2D eigenvalue weighted by atomic mass is 9.93. The van der Waals surface area contributed by atoms with Crippen molar-refractivity contribution >= 4 is 11.3 Å². The zero-order chi connectivity index (χ0) is 10.8. The second-order valence-electron chi connectivity index (χ2n) is 5.02. The predicted octanol–water partition coefficient (Wildman–Crippen LogP) is 2.66. The van der Waals surface area contributed by atoms with Crippen LogP contribution in [0.15, 0.2) is 5.38 Å². The van der Waals surface area contributed by atoms with E-state index < -0.39 is 0 Å². The molecule has 1 aromatic rings. The molecule has 1 heterocycles. The predicted molar refractivity (Wildman–Crippen MR) is 60.7 cm³/mol. The minimum absolute atomic E-state index is 0.292. The van der Waals surface area contributed by atoms with Crippen LogP contribution in [-0.4, -0.2) is 16.2 Å². The molecule has 3 heteroatoms. The Bertz CT molecular complexity index is 286. The second-order valence-corrected chi connectivity index (χ2v) is 5.97. The van der Waals surface area contributed by atoms with Gasteiger partial charge < -0.3 is 5.11 Å². The van der Waals surface area contributed by atoms with E-state index in [2.05, 4.69) is 25.8 Å². The number of hydrogen-bond donors (Lipinski definition) is 1. The van der Waals surface area contributed by atoms with Gasteiger partial charge in [0.2, 0.25) is 0 Å². The van der Waals surface area contributed by atoms with Gasteiger partial charge in [-0.25, -0.2) is 4.98 Å². The van der Waals surface area contributed by atoms with Crippen molar-refractivity contribution in [2.24, 2.45) is 5.41 Å². The van der Waals surface area contributed by atoms with Crippen LogP contribution in [0.4, 0.5) is 0 Å². The van der Waals surface area contributed by atoms with Crippen LogP contribution in [0.3, 0.4) is 0 Å². The second kappa shape index (κ2) is 4.41. The third-order valence-electron chi connectivity index (χ3n) is 1.79. The fraction of sp³-hybridized carbons (Fsp3) is 0.727. The SMILES string of the molecule is CC(O)Cc1csc(CC(C)(C)C)n1. The van der Waals surface area contributed by atoms with Crippen LogP contribution in [0, 0.1) is 5.41 Å².